The predicted octanol–water partition coefficient (Wildman–Crippen LogP) is 2.78. The Labute approximate surface area is 200 Å². The highest BCUT2D eigenvalue weighted by molar-refractivity contribution is 5.99. The van der Waals surface area contributed by atoms with Crippen LogP contribution in [-0.2, 0) is 24.2 Å². The van der Waals surface area contributed by atoms with Crippen molar-refractivity contribution in [2.45, 2.75) is 38.3 Å². The lowest BCUT2D eigenvalue weighted by atomic mass is 9.98. The van der Waals surface area contributed by atoms with Gasteiger partial charge < -0.3 is 15.3 Å². The number of pyridine rings is 2. The SMILES string of the molecule is O=C1NCc2nc(-c3c(F)cccc3F)cc(Cc3ccc(CC(=O)N4CCC[C@H]4CO)cn3)c21. The van der Waals surface area contributed by atoms with Gasteiger partial charge in [0, 0.05) is 24.9 Å². The molecule has 1 saturated heterocycles. The van der Waals surface area contributed by atoms with E-state index in [2.05, 4.69) is 15.3 Å². The van der Waals surface area contributed by atoms with Gasteiger partial charge in [0.25, 0.3) is 5.91 Å². The maximum Gasteiger partial charge on any atom is 0.253 e. The number of aliphatic hydroxyl groups excluding tert-OH is 1. The van der Waals surface area contributed by atoms with Gasteiger partial charge in [-0.3, -0.25) is 14.6 Å². The minimum atomic E-state index is -0.728. The van der Waals surface area contributed by atoms with Gasteiger partial charge in [-0.1, -0.05) is 12.1 Å². The second-order valence-corrected chi connectivity index (χ2v) is 8.84. The number of nitrogens with one attached hydrogen (secondary N) is 1. The van der Waals surface area contributed by atoms with E-state index in [1.807, 2.05) is 6.07 Å². The van der Waals surface area contributed by atoms with E-state index in [-0.39, 0.29) is 55.1 Å². The number of hydrogen-bond donors (Lipinski definition) is 2. The molecule has 2 aliphatic heterocycles. The average molecular weight is 478 g/mol. The Bertz CT molecular complexity index is 1280. The molecule has 2 amide bonds. The van der Waals surface area contributed by atoms with Crippen molar-refractivity contribution in [3.63, 3.8) is 0 Å². The van der Waals surface area contributed by atoms with Crippen LogP contribution in [0.1, 0.15) is 45.7 Å². The van der Waals surface area contributed by atoms with E-state index >= 15 is 0 Å². The standard InChI is InChI=1S/C26H24F2N4O3/c27-19-4-1-5-20(28)25(19)21-11-16(24-22(31-21)13-30-26(24)35)10-17-7-6-15(12-29-17)9-23(34)32-8-2-3-18(32)14-33/h1,4-7,11-12,18,33H,2-3,8-10,13-14H2,(H,30,35)/t18-/m0/s1. The molecule has 2 N–H and O–H groups in total. The molecule has 0 unspecified atom stereocenters. The number of benzene rings is 1. The highest BCUT2D eigenvalue weighted by Crippen LogP contribution is 2.30. The summed E-state index contributed by atoms with van der Waals surface area (Å²) in [5, 5.41) is 12.2. The molecule has 2 aromatic heterocycles. The molecular weight excluding hydrogens is 454 g/mol. The smallest absolute Gasteiger partial charge is 0.253 e. The lowest BCUT2D eigenvalue weighted by Crippen LogP contribution is -2.38. The van der Waals surface area contributed by atoms with Crippen LogP contribution in [-0.4, -0.2) is 51.0 Å². The summed E-state index contributed by atoms with van der Waals surface area (Å²) in [4.78, 5) is 35.6. The zero-order chi connectivity index (χ0) is 24.5. The van der Waals surface area contributed by atoms with E-state index in [1.165, 1.54) is 24.3 Å². The number of fused-ring (bicyclic) bond motifs is 1. The van der Waals surface area contributed by atoms with Crippen LogP contribution in [0.3, 0.4) is 0 Å². The molecule has 5 rings (SSSR count). The van der Waals surface area contributed by atoms with Crippen LogP contribution in [0.25, 0.3) is 11.3 Å². The largest absolute Gasteiger partial charge is 0.394 e. The van der Waals surface area contributed by atoms with Gasteiger partial charge in [0.15, 0.2) is 0 Å². The van der Waals surface area contributed by atoms with Crippen molar-refractivity contribution in [1.82, 2.24) is 20.2 Å². The predicted molar refractivity (Wildman–Crippen MR) is 123 cm³/mol. The van der Waals surface area contributed by atoms with Crippen LogP contribution in [0, 0.1) is 11.6 Å². The first-order valence-electron chi connectivity index (χ1n) is 11.5. The van der Waals surface area contributed by atoms with Crippen LogP contribution in [0.2, 0.25) is 0 Å². The third-order valence-corrected chi connectivity index (χ3v) is 6.56. The first-order chi connectivity index (χ1) is 16.9. The first kappa shape index (κ1) is 23.0. The maximum absolute atomic E-state index is 14.4. The Morgan fingerprint density at radius 2 is 1.97 bits per heavy atom. The van der Waals surface area contributed by atoms with Crippen LogP contribution in [0.5, 0.6) is 0 Å². The monoisotopic (exact) mass is 478 g/mol. The zero-order valence-corrected chi connectivity index (χ0v) is 18.9. The molecule has 0 saturated carbocycles. The minimum absolute atomic E-state index is 0.0362. The van der Waals surface area contributed by atoms with Gasteiger partial charge in [-0.15, -0.1) is 0 Å². The maximum atomic E-state index is 14.4. The van der Waals surface area contributed by atoms with Crippen molar-refractivity contribution in [3.05, 3.63) is 82.3 Å². The lowest BCUT2D eigenvalue weighted by Gasteiger charge is -2.23. The number of aromatic nitrogens is 2. The molecule has 0 spiro atoms. The molecule has 0 radical (unpaired) electrons. The Morgan fingerprint density at radius 1 is 1.17 bits per heavy atom. The third-order valence-electron chi connectivity index (χ3n) is 6.56. The lowest BCUT2D eigenvalue weighted by molar-refractivity contribution is -0.132. The van der Waals surface area contributed by atoms with Gasteiger partial charge in [0.05, 0.1) is 48.1 Å². The summed E-state index contributed by atoms with van der Waals surface area (Å²) in [5.74, 6) is -1.78. The van der Waals surface area contributed by atoms with Gasteiger partial charge >= 0.3 is 0 Å². The Morgan fingerprint density at radius 3 is 2.69 bits per heavy atom. The number of rotatable bonds is 6. The molecule has 1 atom stereocenters. The molecule has 9 heteroatoms. The number of aliphatic hydroxyl groups is 1. The summed E-state index contributed by atoms with van der Waals surface area (Å²) >= 11 is 0. The Hall–Kier alpha value is -3.72. The van der Waals surface area contributed by atoms with Crippen molar-refractivity contribution in [2.75, 3.05) is 13.2 Å². The number of carbonyl (C=O) groups excluding carboxylic acids is 2. The fourth-order valence-corrected chi connectivity index (χ4v) is 4.81. The van der Waals surface area contributed by atoms with Gasteiger partial charge in [0.2, 0.25) is 5.91 Å². The topological polar surface area (TPSA) is 95.4 Å². The van der Waals surface area contributed by atoms with Gasteiger partial charge in [-0.2, -0.15) is 0 Å². The molecule has 0 bridgehead atoms. The molecule has 4 heterocycles. The zero-order valence-electron chi connectivity index (χ0n) is 18.9. The molecule has 2 aliphatic rings. The normalized spacial score (nSPS) is 16.9. The molecule has 180 valence electrons. The number of likely N-dealkylation sites (tertiary alicyclic amines) is 1. The second-order valence-electron chi connectivity index (χ2n) is 8.84. The van der Waals surface area contributed by atoms with E-state index in [1.54, 1.807) is 17.2 Å². The van der Waals surface area contributed by atoms with E-state index in [9.17, 15) is 23.5 Å². The number of amides is 2. The molecule has 0 aliphatic carbocycles. The molecule has 1 aromatic carbocycles. The summed E-state index contributed by atoms with van der Waals surface area (Å²) in [5.41, 5.74) is 2.68. The molecular formula is C26H24F2N4O3. The average Bonchev–Trinajstić information content (AvgIpc) is 3.47. The Balaban J connectivity index is 1.39. The van der Waals surface area contributed by atoms with Crippen molar-refractivity contribution >= 4 is 11.8 Å². The number of nitrogens with zero attached hydrogens (tertiary/aromatic N) is 3. The van der Waals surface area contributed by atoms with E-state index in [0.29, 0.717) is 29.1 Å². The first-order valence-corrected chi connectivity index (χ1v) is 11.5. The number of hydrogen-bond acceptors (Lipinski definition) is 5. The van der Waals surface area contributed by atoms with Crippen LogP contribution in [0.15, 0.2) is 42.6 Å². The molecule has 35 heavy (non-hydrogen) atoms. The van der Waals surface area contributed by atoms with Crippen LogP contribution in [0.4, 0.5) is 8.78 Å². The summed E-state index contributed by atoms with van der Waals surface area (Å²) in [7, 11) is 0. The van der Waals surface area contributed by atoms with Crippen molar-refractivity contribution in [2.24, 2.45) is 0 Å². The third kappa shape index (κ3) is 4.51. The summed E-state index contributed by atoms with van der Waals surface area (Å²) < 4.78 is 28.8. The fraction of sp³-hybridized carbons (Fsp3) is 0.308. The molecule has 7 nitrogen and oxygen atoms in total. The van der Waals surface area contributed by atoms with Gasteiger partial charge in [0.1, 0.15) is 11.6 Å². The highest BCUT2D eigenvalue weighted by Gasteiger charge is 2.29. The van der Waals surface area contributed by atoms with Gasteiger partial charge in [-0.05, 0) is 48.2 Å². The van der Waals surface area contributed by atoms with Crippen molar-refractivity contribution in [3.8, 4) is 11.3 Å². The van der Waals surface area contributed by atoms with E-state index in [4.69, 9.17) is 0 Å². The van der Waals surface area contributed by atoms with Crippen LogP contribution < -0.4 is 5.32 Å². The quantitative estimate of drug-likeness (QED) is 0.568. The summed E-state index contributed by atoms with van der Waals surface area (Å²) in [6, 6.07) is 8.63. The number of halogens is 2. The van der Waals surface area contributed by atoms with Crippen molar-refractivity contribution < 1.29 is 23.5 Å². The Kier molecular flexibility index (Phi) is 6.25. The van der Waals surface area contributed by atoms with E-state index < -0.39 is 11.6 Å². The fourth-order valence-electron chi connectivity index (χ4n) is 4.81. The molecule has 1 fully saturated rings. The molecule has 3 aromatic rings. The van der Waals surface area contributed by atoms with Crippen molar-refractivity contribution in [1.29, 1.82) is 0 Å². The summed E-state index contributed by atoms with van der Waals surface area (Å²) in [6.45, 7) is 0.798. The number of carbonyl (C=O) groups is 2. The van der Waals surface area contributed by atoms with Gasteiger partial charge in [-0.25, -0.2) is 13.8 Å². The highest BCUT2D eigenvalue weighted by atomic mass is 19.1. The second kappa shape index (κ2) is 9.50. The van der Waals surface area contributed by atoms with E-state index in [0.717, 1.165) is 18.4 Å². The summed E-state index contributed by atoms with van der Waals surface area (Å²) in [6.07, 6.45) is 3.76. The minimum Gasteiger partial charge on any atom is -0.394 e. The van der Waals surface area contributed by atoms with Crippen LogP contribution >= 0.6 is 0 Å².